The van der Waals surface area contributed by atoms with Crippen molar-refractivity contribution in [3.05, 3.63) is 0 Å². The van der Waals surface area contributed by atoms with Gasteiger partial charge in [-0.15, -0.1) is 0 Å². The fourth-order valence-corrected chi connectivity index (χ4v) is 2.18. The van der Waals surface area contributed by atoms with Crippen LogP contribution in [-0.4, -0.2) is 34.6 Å². The molecule has 0 aromatic carbocycles. The van der Waals surface area contributed by atoms with Gasteiger partial charge in [0.05, 0.1) is 11.2 Å². The Morgan fingerprint density at radius 3 is 1.35 bits per heavy atom. The molecule has 0 heterocycles. The molecular formula is C14H30O3. The van der Waals surface area contributed by atoms with Gasteiger partial charge in [-0.1, -0.05) is 0 Å². The average molecular weight is 246 g/mol. The van der Waals surface area contributed by atoms with E-state index < -0.39 is 0 Å². The minimum Gasteiger partial charge on any atom is -0.396 e. The monoisotopic (exact) mass is 246 g/mol. The van der Waals surface area contributed by atoms with Crippen molar-refractivity contribution < 1.29 is 14.9 Å². The zero-order valence-corrected chi connectivity index (χ0v) is 12.0. The summed E-state index contributed by atoms with van der Waals surface area (Å²) in [5, 5.41) is 17.5. The smallest absolute Gasteiger partial charge is 0.0633 e. The van der Waals surface area contributed by atoms with E-state index in [-0.39, 0.29) is 24.4 Å². The minimum atomic E-state index is -0.141. The molecule has 104 valence electrons. The predicted octanol–water partition coefficient (Wildman–Crippen LogP) is 2.89. The van der Waals surface area contributed by atoms with Crippen molar-refractivity contribution in [1.29, 1.82) is 0 Å². The molecule has 0 atom stereocenters. The molecule has 0 aromatic rings. The highest BCUT2D eigenvalue weighted by atomic mass is 16.5. The van der Waals surface area contributed by atoms with Crippen molar-refractivity contribution in [1.82, 2.24) is 0 Å². The number of hydrogen-bond donors (Lipinski definition) is 2. The van der Waals surface area contributed by atoms with E-state index in [2.05, 4.69) is 27.7 Å². The van der Waals surface area contributed by atoms with E-state index >= 15 is 0 Å². The SMILES string of the molecule is CC(C)(CCCCO)OC(C)(C)CCCCO. The van der Waals surface area contributed by atoms with Gasteiger partial charge in [0.2, 0.25) is 0 Å². The van der Waals surface area contributed by atoms with Crippen molar-refractivity contribution in [2.45, 2.75) is 77.4 Å². The molecule has 0 amide bonds. The first kappa shape index (κ1) is 16.9. The maximum atomic E-state index is 8.77. The Bertz CT molecular complexity index is 168. The Morgan fingerprint density at radius 1 is 0.706 bits per heavy atom. The zero-order valence-electron chi connectivity index (χ0n) is 12.0. The third-order valence-electron chi connectivity index (χ3n) is 2.93. The van der Waals surface area contributed by atoms with E-state index in [4.69, 9.17) is 14.9 Å². The van der Waals surface area contributed by atoms with E-state index in [0.717, 1.165) is 38.5 Å². The first-order valence-corrected chi connectivity index (χ1v) is 6.75. The van der Waals surface area contributed by atoms with Gasteiger partial charge in [-0.05, 0) is 66.2 Å². The zero-order chi connectivity index (χ0) is 13.4. The lowest BCUT2D eigenvalue weighted by Crippen LogP contribution is -2.37. The third-order valence-corrected chi connectivity index (χ3v) is 2.93. The molecule has 0 radical (unpaired) electrons. The number of ether oxygens (including phenoxy) is 1. The Balaban J connectivity index is 3.99. The van der Waals surface area contributed by atoms with Crippen LogP contribution in [0, 0.1) is 0 Å². The van der Waals surface area contributed by atoms with Crippen molar-refractivity contribution in [3.63, 3.8) is 0 Å². The number of aliphatic hydroxyl groups excluding tert-OH is 2. The van der Waals surface area contributed by atoms with Crippen LogP contribution in [0.4, 0.5) is 0 Å². The number of aliphatic hydroxyl groups is 2. The summed E-state index contributed by atoms with van der Waals surface area (Å²) in [6, 6.07) is 0. The second kappa shape index (κ2) is 8.06. The highest BCUT2D eigenvalue weighted by Gasteiger charge is 2.28. The maximum Gasteiger partial charge on any atom is 0.0633 e. The van der Waals surface area contributed by atoms with Gasteiger partial charge < -0.3 is 14.9 Å². The Labute approximate surface area is 106 Å². The van der Waals surface area contributed by atoms with Crippen LogP contribution in [0.3, 0.4) is 0 Å². The summed E-state index contributed by atoms with van der Waals surface area (Å²) in [4.78, 5) is 0. The summed E-state index contributed by atoms with van der Waals surface area (Å²) < 4.78 is 6.16. The van der Waals surface area contributed by atoms with Crippen LogP contribution in [0.25, 0.3) is 0 Å². The van der Waals surface area contributed by atoms with Gasteiger partial charge in [-0.25, -0.2) is 0 Å². The molecule has 0 aliphatic carbocycles. The molecule has 2 N–H and O–H groups in total. The largest absolute Gasteiger partial charge is 0.396 e. The number of rotatable bonds is 10. The van der Waals surface area contributed by atoms with Crippen LogP contribution in [0.5, 0.6) is 0 Å². The molecule has 0 fully saturated rings. The van der Waals surface area contributed by atoms with Crippen LogP contribution < -0.4 is 0 Å². The molecule has 0 aliphatic rings. The molecule has 0 aliphatic heterocycles. The summed E-state index contributed by atoms with van der Waals surface area (Å²) in [7, 11) is 0. The maximum absolute atomic E-state index is 8.77. The first-order valence-electron chi connectivity index (χ1n) is 6.75. The predicted molar refractivity (Wildman–Crippen MR) is 71.1 cm³/mol. The average Bonchev–Trinajstić information content (AvgIpc) is 2.16. The van der Waals surface area contributed by atoms with Crippen molar-refractivity contribution in [2.24, 2.45) is 0 Å². The molecule has 3 heteroatoms. The fourth-order valence-electron chi connectivity index (χ4n) is 2.18. The normalized spacial score (nSPS) is 13.1. The molecule has 0 spiro atoms. The van der Waals surface area contributed by atoms with Gasteiger partial charge in [0.25, 0.3) is 0 Å². The van der Waals surface area contributed by atoms with Crippen LogP contribution in [0.2, 0.25) is 0 Å². The van der Waals surface area contributed by atoms with Crippen molar-refractivity contribution in [2.75, 3.05) is 13.2 Å². The lowest BCUT2D eigenvalue weighted by Gasteiger charge is -2.36. The first-order chi connectivity index (χ1) is 7.83. The van der Waals surface area contributed by atoms with E-state index in [9.17, 15) is 0 Å². The Hall–Kier alpha value is -0.120. The lowest BCUT2D eigenvalue weighted by atomic mass is 9.96. The molecule has 0 bridgehead atoms. The van der Waals surface area contributed by atoms with Crippen molar-refractivity contribution >= 4 is 0 Å². The molecule has 0 saturated carbocycles. The Kier molecular flexibility index (Phi) is 8.01. The highest BCUT2D eigenvalue weighted by molar-refractivity contribution is 4.77. The van der Waals surface area contributed by atoms with E-state index in [1.807, 2.05) is 0 Å². The van der Waals surface area contributed by atoms with Crippen molar-refractivity contribution in [3.8, 4) is 0 Å². The summed E-state index contributed by atoms with van der Waals surface area (Å²) in [5.74, 6) is 0. The number of hydrogen-bond acceptors (Lipinski definition) is 3. The van der Waals surface area contributed by atoms with Gasteiger partial charge in [0.1, 0.15) is 0 Å². The van der Waals surface area contributed by atoms with E-state index in [0.29, 0.717) is 0 Å². The summed E-state index contributed by atoms with van der Waals surface area (Å²) >= 11 is 0. The molecule has 0 aromatic heterocycles. The Morgan fingerprint density at radius 2 is 1.06 bits per heavy atom. The van der Waals surface area contributed by atoms with Crippen LogP contribution in [-0.2, 0) is 4.74 Å². The van der Waals surface area contributed by atoms with Gasteiger partial charge >= 0.3 is 0 Å². The van der Waals surface area contributed by atoms with Gasteiger partial charge in [0.15, 0.2) is 0 Å². The van der Waals surface area contributed by atoms with Crippen LogP contribution in [0.15, 0.2) is 0 Å². The summed E-state index contributed by atoms with van der Waals surface area (Å²) in [6.07, 6.45) is 5.62. The molecule has 0 rings (SSSR count). The summed E-state index contributed by atoms with van der Waals surface area (Å²) in [6.45, 7) is 8.96. The van der Waals surface area contributed by atoms with Gasteiger partial charge in [-0.3, -0.25) is 0 Å². The quantitative estimate of drug-likeness (QED) is 0.583. The topological polar surface area (TPSA) is 49.7 Å². The summed E-state index contributed by atoms with van der Waals surface area (Å²) in [5.41, 5.74) is -0.282. The standard InChI is InChI=1S/C14H30O3/c1-13(2,9-5-7-11-15)17-14(3,4)10-6-8-12-16/h15-16H,5-12H2,1-4H3. The third kappa shape index (κ3) is 9.57. The fraction of sp³-hybridized carbons (Fsp3) is 1.00. The van der Waals surface area contributed by atoms with E-state index in [1.54, 1.807) is 0 Å². The minimum absolute atomic E-state index is 0.141. The highest BCUT2D eigenvalue weighted by Crippen LogP contribution is 2.28. The molecule has 17 heavy (non-hydrogen) atoms. The lowest BCUT2D eigenvalue weighted by molar-refractivity contribution is -0.130. The number of unbranched alkanes of at least 4 members (excludes halogenated alkanes) is 2. The molecule has 0 saturated heterocycles. The van der Waals surface area contributed by atoms with Crippen LogP contribution >= 0.6 is 0 Å². The molecular weight excluding hydrogens is 216 g/mol. The van der Waals surface area contributed by atoms with E-state index in [1.165, 1.54) is 0 Å². The van der Waals surface area contributed by atoms with Gasteiger partial charge in [0, 0.05) is 13.2 Å². The van der Waals surface area contributed by atoms with Crippen LogP contribution in [0.1, 0.15) is 66.2 Å². The van der Waals surface area contributed by atoms with Gasteiger partial charge in [-0.2, -0.15) is 0 Å². The second-order valence-electron chi connectivity index (χ2n) is 5.98. The molecule has 3 nitrogen and oxygen atoms in total. The second-order valence-corrected chi connectivity index (χ2v) is 5.98. The molecule has 0 unspecified atom stereocenters.